The molecule has 0 spiro atoms. The van der Waals surface area contributed by atoms with E-state index in [1.165, 1.54) is 5.54 Å². The third-order valence-corrected chi connectivity index (χ3v) is 0.0945. The van der Waals surface area contributed by atoms with E-state index in [0.717, 1.165) is 0 Å². The van der Waals surface area contributed by atoms with E-state index in [4.69, 9.17) is 0 Å². The Kier molecular flexibility index (Phi) is 2.81. The van der Waals surface area contributed by atoms with Gasteiger partial charge in [0.1, 0.15) is 0 Å². The summed E-state index contributed by atoms with van der Waals surface area (Å²) in [6, 6.07) is 0. The van der Waals surface area contributed by atoms with Crippen LogP contribution in [0, 0.1) is 6.92 Å². The molecular weight excluding hydrogens is 57.0 g/mol. The molecule has 0 aliphatic rings. The summed E-state index contributed by atoms with van der Waals surface area (Å²) >= 11 is 0. The number of rotatable bonds is 1. The number of halogens is 1. The van der Waals surface area contributed by atoms with E-state index in [0.29, 0.717) is 0 Å². The van der Waals surface area contributed by atoms with Gasteiger partial charge in [0.05, 0.1) is 0 Å². The average Bonchev–Trinajstić information content (AvgIpc) is 1.37. The van der Waals surface area contributed by atoms with Crippen molar-refractivity contribution in [3.8, 4) is 0 Å². The molecule has 0 aromatic rings. The first-order chi connectivity index (χ1) is 1.91. The van der Waals surface area contributed by atoms with Gasteiger partial charge in [-0.1, -0.05) is 0 Å². The van der Waals surface area contributed by atoms with E-state index in [1.807, 2.05) is 0 Å². The van der Waals surface area contributed by atoms with E-state index < -0.39 is 0 Å². The van der Waals surface area contributed by atoms with E-state index in [-0.39, 0.29) is 6.54 Å². The van der Waals surface area contributed by atoms with Crippen molar-refractivity contribution in [3.63, 3.8) is 0 Å². The first-order valence-corrected chi connectivity index (χ1v) is 1.04. The Balaban J connectivity index is 1.97. The fourth-order valence-corrected chi connectivity index (χ4v) is 0. The molecule has 1 nitrogen and oxygen atoms in total. The molecule has 0 unspecified atom stereocenters. The molecule has 0 aliphatic heterocycles. The van der Waals surface area contributed by atoms with Crippen LogP contribution in [0.2, 0.25) is 0 Å². The summed E-state index contributed by atoms with van der Waals surface area (Å²) in [5.74, 6) is 0. The summed E-state index contributed by atoms with van der Waals surface area (Å²) < 4.78 is 10.4. The molecule has 1 radical (unpaired) electrons. The van der Waals surface area contributed by atoms with Crippen LogP contribution in [0.1, 0.15) is 0 Å². The minimum Gasteiger partial charge on any atom is -0.159 e. The SMILES string of the molecule is [CH2]CNF. The normalized spacial score (nSPS) is 7.50. The molecular formula is C2H5FN. The lowest BCUT2D eigenvalue weighted by atomic mass is 10.8. The minimum atomic E-state index is 0.153. The summed E-state index contributed by atoms with van der Waals surface area (Å²) in [6.07, 6.45) is 0. The Bertz CT molecular complexity index is 8.00. The molecule has 2 heteroatoms. The van der Waals surface area contributed by atoms with Crippen molar-refractivity contribution in [2.24, 2.45) is 0 Å². The Morgan fingerprint density at radius 1 is 2.00 bits per heavy atom. The molecule has 0 heterocycles. The lowest BCUT2D eigenvalue weighted by Gasteiger charge is -1.69. The monoisotopic (exact) mass is 62.0 g/mol. The first kappa shape index (κ1) is 3.89. The Hall–Kier alpha value is -0.110. The second kappa shape index (κ2) is 2.89. The van der Waals surface area contributed by atoms with Crippen LogP contribution in [0.4, 0.5) is 4.48 Å². The predicted molar refractivity (Wildman–Crippen MR) is 14.5 cm³/mol. The van der Waals surface area contributed by atoms with Gasteiger partial charge < -0.3 is 0 Å². The first-order valence-electron chi connectivity index (χ1n) is 1.04. The topological polar surface area (TPSA) is 12.0 Å². The van der Waals surface area contributed by atoms with Crippen LogP contribution in [-0.4, -0.2) is 6.54 Å². The molecule has 0 aromatic carbocycles. The standard InChI is InChI=1S/C2H5FN/c1-2-4-3/h4H,1-2H2. The van der Waals surface area contributed by atoms with Crippen LogP contribution in [0.3, 0.4) is 0 Å². The highest BCUT2D eigenvalue weighted by atomic mass is 19.2. The van der Waals surface area contributed by atoms with Gasteiger partial charge >= 0.3 is 0 Å². The molecule has 0 saturated heterocycles. The fraction of sp³-hybridized carbons (Fsp3) is 0.500. The van der Waals surface area contributed by atoms with Crippen LogP contribution in [0.5, 0.6) is 0 Å². The Morgan fingerprint density at radius 2 is 2.25 bits per heavy atom. The molecule has 25 valence electrons. The zero-order chi connectivity index (χ0) is 3.41. The third kappa shape index (κ3) is 1.89. The Labute approximate surface area is 24.8 Å². The van der Waals surface area contributed by atoms with Crippen LogP contribution in [-0.2, 0) is 0 Å². The number of hydrogen-bond acceptors (Lipinski definition) is 1. The molecule has 0 fully saturated rings. The highest BCUT2D eigenvalue weighted by molar-refractivity contribution is 4.28. The van der Waals surface area contributed by atoms with Crippen molar-refractivity contribution >= 4 is 0 Å². The van der Waals surface area contributed by atoms with Crippen LogP contribution in [0.15, 0.2) is 0 Å². The van der Waals surface area contributed by atoms with Crippen LogP contribution in [0.25, 0.3) is 0 Å². The zero-order valence-corrected chi connectivity index (χ0v) is 2.29. The van der Waals surface area contributed by atoms with Crippen molar-refractivity contribution in [1.29, 1.82) is 0 Å². The van der Waals surface area contributed by atoms with Gasteiger partial charge in [0.2, 0.25) is 0 Å². The second-order valence-corrected chi connectivity index (χ2v) is 0.384. The average molecular weight is 62.1 g/mol. The number of hydrogen-bond donors (Lipinski definition) is 1. The zero-order valence-electron chi connectivity index (χ0n) is 2.29. The van der Waals surface area contributed by atoms with Gasteiger partial charge in [-0.05, 0) is 6.92 Å². The lowest BCUT2D eigenvalue weighted by Crippen LogP contribution is -1.94. The predicted octanol–water partition coefficient (Wildman–Crippen LogP) is 0.295. The van der Waals surface area contributed by atoms with Gasteiger partial charge in [-0.15, -0.1) is 4.48 Å². The smallest absolute Gasteiger partial charge is 0.0260 e. The largest absolute Gasteiger partial charge is 0.159 e. The van der Waals surface area contributed by atoms with Gasteiger partial charge in [0, 0.05) is 6.54 Å². The summed E-state index contributed by atoms with van der Waals surface area (Å²) in [7, 11) is 0. The maximum absolute atomic E-state index is 10.4. The van der Waals surface area contributed by atoms with Crippen LogP contribution < -0.4 is 5.54 Å². The lowest BCUT2D eigenvalue weighted by molar-refractivity contribution is 0.356. The molecule has 0 saturated carbocycles. The van der Waals surface area contributed by atoms with Gasteiger partial charge in [-0.2, -0.15) is 5.54 Å². The molecule has 1 N–H and O–H groups in total. The van der Waals surface area contributed by atoms with Crippen molar-refractivity contribution < 1.29 is 4.48 Å². The van der Waals surface area contributed by atoms with Gasteiger partial charge in [-0.3, -0.25) is 0 Å². The molecule has 0 rings (SSSR count). The maximum Gasteiger partial charge on any atom is 0.0260 e. The summed E-state index contributed by atoms with van der Waals surface area (Å²) in [4.78, 5) is 0. The van der Waals surface area contributed by atoms with Crippen LogP contribution >= 0.6 is 0 Å². The molecule has 0 bridgehead atoms. The van der Waals surface area contributed by atoms with Crippen molar-refractivity contribution in [2.45, 2.75) is 0 Å². The van der Waals surface area contributed by atoms with Crippen molar-refractivity contribution in [1.82, 2.24) is 5.54 Å². The summed E-state index contributed by atoms with van der Waals surface area (Å²) in [6.45, 7) is 3.27. The molecule has 0 amide bonds. The third-order valence-electron chi connectivity index (χ3n) is 0.0945. The van der Waals surface area contributed by atoms with Gasteiger partial charge in [0.15, 0.2) is 0 Å². The van der Waals surface area contributed by atoms with Gasteiger partial charge in [0.25, 0.3) is 0 Å². The Morgan fingerprint density at radius 3 is 2.25 bits per heavy atom. The van der Waals surface area contributed by atoms with E-state index in [9.17, 15) is 4.48 Å². The maximum atomic E-state index is 10.4. The van der Waals surface area contributed by atoms with E-state index in [1.54, 1.807) is 0 Å². The van der Waals surface area contributed by atoms with E-state index >= 15 is 0 Å². The second-order valence-electron chi connectivity index (χ2n) is 0.384. The molecule has 0 atom stereocenters. The highest BCUT2D eigenvalue weighted by Crippen LogP contribution is 1.42. The van der Waals surface area contributed by atoms with Crippen molar-refractivity contribution in [3.05, 3.63) is 6.92 Å². The van der Waals surface area contributed by atoms with E-state index in [2.05, 4.69) is 6.92 Å². The minimum absolute atomic E-state index is 0.153. The van der Waals surface area contributed by atoms with Crippen molar-refractivity contribution in [2.75, 3.05) is 6.54 Å². The highest BCUT2D eigenvalue weighted by Gasteiger charge is 1.55. The number of nitrogens with one attached hydrogen (secondary N) is 1. The molecule has 0 aliphatic carbocycles. The quantitative estimate of drug-likeness (QED) is 0.430. The summed E-state index contributed by atoms with van der Waals surface area (Å²) in [5, 5.41) is 0. The summed E-state index contributed by atoms with van der Waals surface area (Å²) in [5.41, 5.74) is 1.32. The van der Waals surface area contributed by atoms with Gasteiger partial charge in [-0.25, -0.2) is 0 Å². The molecule has 4 heavy (non-hydrogen) atoms. The fourth-order valence-electron chi connectivity index (χ4n) is 0. The molecule has 0 aromatic heterocycles.